The van der Waals surface area contributed by atoms with Gasteiger partial charge in [0.1, 0.15) is 5.75 Å². The van der Waals surface area contributed by atoms with E-state index >= 15 is 0 Å². The van der Waals surface area contributed by atoms with E-state index in [0.717, 1.165) is 16.8 Å². The Morgan fingerprint density at radius 2 is 2.19 bits per heavy atom. The van der Waals surface area contributed by atoms with E-state index in [1.807, 2.05) is 6.07 Å². The highest BCUT2D eigenvalue weighted by molar-refractivity contribution is 9.10. The summed E-state index contributed by atoms with van der Waals surface area (Å²) in [5.74, 6) is 0.879. The highest BCUT2D eigenvalue weighted by Gasteiger charge is 2.07. The van der Waals surface area contributed by atoms with Gasteiger partial charge in [-0.2, -0.15) is 0 Å². The van der Waals surface area contributed by atoms with Gasteiger partial charge in [-0.15, -0.1) is 0 Å². The molecule has 0 bridgehead atoms. The molecule has 16 heavy (non-hydrogen) atoms. The minimum Gasteiger partial charge on any atom is -0.496 e. The van der Waals surface area contributed by atoms with E-state index < -0.39 is 0 Å². The van der Waals surface area contributed by atoms with Gasteiger partial charge in [0.05, 0.1) is 11.6 Å². The molecule has 0 heterocycles. The van der Waals surface area contributed by atoms with Crippen molar-refractivity contribution in [3.05, 3.63) is 28.2 Å². The molecule has 0 saturated heterocycles. The zero-order valence-corrected chi connectivity index (χ0v) is 11.8. The molecule has 1 aromatic rings. The van der Waals surface area contributed by atoms with Gasteiger partial charge in [-0.1, -0.05) is 19.4 Å². The van der Waals surface area contributed by atoms with Crippen LogP contribution in [0.1, 0.15) is 38.3 Å². The van der Waals surface area contributed by atoms with E-state index in [0.29, 0.717) is 6.04 Å². The molecule has 0 spiro atoms. The van der Waals surface area contributed by atoms with Crippen molar-refractivity contribution in [2.24, 2.45) is 0 Å². The third-order valence-electron chi connectivity index (χ3n) is 2.66. The summed E-state index contributed by atoms with van der Waals surface area (Å²) in [6.45, 7) is 5.46. The van der Waals surface area contributed by atoms with Crippen LogP contribution >= 0.6 is 15.9 Å². The number of methoxy groups -OCH3 is 1. The largest absolute Gasteiger partial charge is 0.496 e. The summed E-state index contributed by atoms with van der Waals surface area (Å²) in [5.41, 5.74) is 1.28. The molecule has 3 heteroatoms. The molecule has 90 valence electrons. The molecule has 0 aliphatic rings. The molecule has 0 aliphatic heterocycles. The molecule has 1 N–H and O–H groups in total. The summed E-state index contributed by atoms with van der Waals surface area (Å²) in [6.07, 6.45) is 2.45. The van der Waals surface area contributed by atoms with Gasteiger partial charge in [-0.3, -0.25) is 0 Å². The molecule has 2 nitrogen and oxygen atoms in total. The van der Waals surface area contributed by atoms with Gasteiger partial charge in [-0.25, -0.2) is 0 Å². The Balaban J connectivity index is 2.62. The van der Waals surface area contributed by atoms with Gasteiger partial charge < -0.3 is 10.1 Å². The van der Waals surface area contributed by atoms with E-state index in [1.54, 1.807) is 7.11 Å². The molecule has 0 amide bonds. The second-order valence-electron chi connectivity index (χ2n) is 3.92. The van der Waals surface area contributed by atoms with E-state index in [-0.39, 0.29) is 0 Å². The number of benzene rings is 1. The fourth-order valence-corrected chi connectivity index (χ4v) is 2.12. The lowest BCUT2D eigenvalue weighted by Gasteiger charge is -2.15. The van der Waals surface area contributed by atoms with Gasteiger partial charge in [0.2, 0.25) is 0 Å². The number of ether oxygens (including phenoxy) is 1. The van der Waals surface area contributed by atoms with Crippen molar-refractivity contribution in [2.45, 2.75) is 32.7 Å². The van der Waals surface area contributed by atoms with Gasteiger partial charge in [0, 0.05) is 6.04 Å². The molecule has 1 atom stereocenters. The smallest absolute Gasteiger partial charge is 0.133 e. The maximum atomic E-state index is 5.21. The lowest BCUT2D eigenvalue weighted by Crippen LogP contribution is -2.19. The summed E-state index contributed by atoms with van der Waals surface area (Å²) < 4.78 is 6.22. The number of unbranched alkanes of at least 4 members (excludes halogenated alkanes) is 1. The van der Waals surface area contributed by atoms with Crippen molar-refractivity contribution in [2.75, 3.05) is 13.7 Å². The summed E-state index contributed by atoms with van der Waals surface area (Å²) in [6, 6.07) is 6.60. The minimum atomic E-state index is 0.383. The summed E-state index contributed by atoms with van der Waals surface area (Å²) in [4.78, 5) is 0. The first-order valence-electron chi connectivity index (χ1n) is 5.75. The van der Waals surface area contributed by atoms with Gasteiger partial charge >= 0.3 is 0 Å². The Hall–Kier alpha value is -0.540. The molecule has 0 radical (unpaired) electrons. The summed E-state index contributed by atoms with van der Waals surface area (Å²) >= 11 is 3.50. The van der Waals surface area contributed by atoms with Crippen molar-refractivity contribution >= 4 is 15.9 Å². The zero-order valence-electron chi connectivity index (χ0n) is 10.2. The highest BCUT2D eigenvalue weighted by atomic mass is 79.9. The first-order chi connectivity index (χ1) is 7.69. The van der Waals surface area contributed by atoms with E-state index in [1.165, 1.54) is 18.4 Å². The van der Waals surface area contributed by atoms with Crippen molar-refractivity contribution in [1.29, 1.82) is 0 Å². The van der Waals surface area contributed by atoms with Crippen LogP contribution in [0.25, 0.3) is 0 Å². The van der Waals surface area contributed by atoms with Crippen LogP contribution in [0.15, 0.2) is 22.7 Å². The SMILES string of the molecule is CCCCNC(C)c1ccc(OC)c(Br)c1. The first kappa shape index (κ1) is 13.5. The Morgan fingerprint density at radius 3 is 2.75 bits per heavy atom. The molecule has 0 saturated carbocycles. The third-order valence-corrected chi connectivity index (χ3v) is 3.28. The minimum absolute atomic E-state index is 0.383. The van der Waals surface area contributed by atoms with Crippen LogP contribution in [0, 0.1) is 0 Å². The maximum absolute atomic E-state index is 5.21. The quantitative estimate of drug-likeness (QED) is 0.801. The van der Waals surface area contributed by atoms with Crippen molar-refractivity contribution in [3.63, 3.8) is 0 Å². The van der Waals surface area contributed by atoms with E-state index in [4.69, 9.17) is 4.74 Å². The average Bonchev–Trinajstić information content (AvgIpc) is 2.29. The number of hydrogen-bond acceptors (Lipinski definition) is 2. The Bertz CT molecular complexity index is 328. The Morgan fingerprint density at radius 1 is 1.44 bits per heavy atom. The Kier molecular flexibility index (Phi) is 5.85. The lowest BCUT2D eigenvalue weighted by molar-refractivity contribution is 0.411. The number of nitrogens with one attached hydrogen (secondary N) is 1. The van der Waals surface area contributed by atoms with Crippen LogP contribution in [-0.2, 0) is 0 Å². The van der Waals surface area contributed by atoms with E-state index in [9.17, 15) is 0 Å². The second-order valence-corrected chi connectivity index (χ2v) is 4.78. The van der Waals surface area contributed by atoms with Crippen molar-refractivity contribution in [3.8, 4) is 5.75 Å². The maximum Gasteiger partial charge on any atom is 0.133 e. The van der Waals surface area contributed by atoms with E-state index in [2.05, 4.69) is 47.2 Å². The molecule has 0 aromatic heterocycles. The molecule has 1 rings (SSSR count). The van der Waals surface area contributed by atoms with Crippen molar-refractivity contribution in [1.82, 2.24) is 5.32 Å². The second kappa shape index (κ2) is 6.92. The molecule has 1 aromatic carbocycles. The van der Waals surface area contributed by atoms with Crippen LogP contribution in [0.3, 0.4) is 0 Å². The standard InChI is InChI=1S/C13H20BrNO/c1-4-5-8-15-10(2)11-6-7-13(16-3)12(14)9-11/h6-7,9-10,15H,4-5,8H2,1-3H3. The van der Waals surface area contributed by atoms with Crippen LogP contribution in [-0.4, -0.2) is 13.7 Å². The molecule has 0 fully saturated rings. The average molecular weight is 286 g/mol. The molecule has 0 aliphatic carbocycles. The zero-order chi connectivity index (χ0) is 12.0. The van der Waals surface area contributed by atoms with Crippen LogP contribution in [0.5, 0.6) is 5.75 Å². The van der Waals surface area contributed by atoms with Gasteiger partial charge in [-0.05, 0) is 53.5 Å². The highest BCUT2D eigenvalue weighted by Crippen LogP contribution is 2.27. The number of halogens is 1. The Labute approximate surface area is 107 Å². The fourth-order valence-electron chi connectivity index (χ4n) is 1.57. The number of rotatable bonds is 6. The monoisotopic (exact) mass is 285 g/mol. The number of hydrogen-bond donors (Lipinski definition) is 1. The van der Waals surface area contributed by atoms with Crippen LogP contribution in [0.2, 0.25) is 0 Å². The van der Waals surface area contributed by atoms with Gasteiger partial charge in [0.15, 0.2) is 0 Å². The summed E-state index contributed by atoms with van der Waals surface area (Å²) in [7, 11) is 1.68. The fraction of sp³-hybridized carbons (Fsp3) is 0.538. The molecular formula is C13H20BrNO. The van der Waals surface area contributed by atoms with Gasteiger partial charge in [0.25, 0.3) is 0 Å². The van der Waals surface area contributed by atoms with Crippen LogP contribution < -0.4 is 10.1 Å². The van der Waals surface area contributed by atoms with Crippen LogP contribution in [0.4, 0.5) is 0 Å². The third kappa shape index (κ3) is 3.80. The first-order valence-corrected chi connectivity index (χ1v) is 6.55. The lowest BCUT2D eigenvalue weighted by atomic mass is 10.1. The normalized spacial score (nSPS) is 12.5. The van der Waals surface area contributed by atoms with Crippen molar-refractivity contribution < 1.29 is 4.74 Å². The molecule has 1 unspecified atom stereocenters. The predicted octanol–water partition coefficient (Wildman–Crippen LogP) is 3.91. The summed E-state index contributed by atoms with van der Waals surface area (Å²) in [5, 5.41) is 3.50. The topological polar surface area (TPSA) is 21.3 Å². The predicted molar refractivity (Wildman–Crippen MR) is 72.0 cm³/mol. The molecular weight excluding hydrogens is 266 g/mol.